The molecule has 0 spiro atoms. The maximum atomic E-state index is 14.4. The third-order valence-electron chi connectivity index (χ3n) is 5.77. The molecule has 0 amide bonds. The molecule has 6 heteroatoms. The smallest absolute Gasteiger partial charge is 0.266 e. The number of anilines is 1. The Hall–Kier alpha value is -2.68. The molecule has 2 aliphatic rings. The lowest BCUT2D eigenvalue weighted by Crippen LogP contribution is -2.28. The highest BCUT2D eigenvalue weighted by Gasteiger charge is 2.56. The summed E-state index contributed by atoms with van der Waals surface area (Å²) in [5, 5.41) is 13.6. The molecule has 1 saturated heterocycles. The molecule has 27 heavy (non-hydrogen) atoms. The molecule has 1 aliphatic carbocycles. The van der Waals surface area contributed by atoms with Gasteiger partial charge in [-0.15, -0.1) is 0 Å². The predicted octanol–water partition coefficient (Wildman–Crippen LogP) is 2.83. The molecule has 1 saturated carbocycles. The molecule has 4 rings (SSSR count). The summed E-state index contributed by atoms with van der Waals surface area (Å²) in [6.07, 6.45) is 2.43. The van der Waals surface area contributed by atoms with Crippen molar-refractivity contribution in [1.82, 2.24) is 9.78 Å². The van der Waals surface area contributed by atoms with Gasteiger partial charge in [-0.1, -0.05) is 13.8 Å². The van der Waals surface area contributed by atoms with Crippen molar-refractivity contribution in [3.05, 3.63) is 57.8 Å². The van der Waals surface area contributed by atoms with Crippen LogP contribution >= 0.6 is 0 Å². The van der Waals surface area contributed by atoms with Gasteiger partial charge in [-0.3, -0.25) is 4.79 Å². The number of piperidine rings is 1. The summed E-state index contributed by atoms with van der Waals surface area (Å²) in [6.45, 7) is 6.44. The van der Waals surface area contributed by atoms with E-state index in [0.717, 1.165) is 25.1 Å². The molecule has 1 aromatic heterocycles. The van der Waals surface area contributed by atoms with Gasteiger partial charge < -0.3 is 4.90 Å². The topological polar surface area (TPSA) is 61.9 Å². The van der Waals surface area contributed by atoms with Crippen LogP contribution in [-0.2, 0) is 13.0 Å². The third kappa shape index (κ3) is 3.34. The van der Waals surface area contributed by atoms with Crippen LogP contribution in [0.15, 0.2) is 35.3 Å². The van der Waals surface area contributed by atoms with Crippen molar-refractivity contribution in [1.29, 1.82) is 5.26 Å². The summed E-state index contributed by atoms with van der Waals surface area (Å²) in [6, 6.07) is 8.69. The Kier molecular flexibility index (Phi) is 4.47. The molecule has 3 atom stereocenters. The minimum atomic E-state index is -0.428. The highest BCUT2D eigenvalue weighted by molar-refractivity contribution is 5.62. The van der Waals surface area contributed by atoms with Crippen LogP contribution in [0.25, 0.3) is 0 Å². The van der Waals surface area contributed by atoms with E-state index in [1.807, 2.05) is 12.1 Å². The van der Waals surface area contributed by atoms with Crippen molar-refractivity contribution in [2.24, 2.45) is 23.7 Å². The summed E-state index contributed by atoms with van der Waals surface area (Å²) in [5.41, 5.74) is 1.72. The van der Waals surface area contributed by atoms with Crippen LogP contribution in [0.4, 0.5) is 10.1 Å². The molecule has 0 radical (unpaired) electrons. The van der Waals surface area contributed by atoms with E-state index in [-0.39, 0.29) is 11.1 Å². The number of nitriles is 1. The monoisotopic (exact) mass is 366 g/mol. The SMILES string of the molecule is CC(C)Cc1cc(F)c(C#N)c(N2C[C@@H]3C(Cn4ncccc4=O)[C@@H]3C2)c1. The molecule has 2 heterocycles. The van der Waals surface area contributed by atoms with Gasteiger partial charge in [0.2, 0.25) is 0 Å². The molecule has 140 valence electrons. The maximum absolute atomic E-state index is 14.4. The highest BCUT2D eigenvalue weighted by Crippen LogP contribution is 2.53. The van der Waals surface area contributed by atoms with Crippen molar-refractivity contribution in [2.45, 2.75) is 26.8 Å². The zero-order chi connectivity index (χ0) is 19.1. The van der Waals surface area contributed by atoms with Crippen LogP contribution in [0.3, 0.4) is 0 Å². The molecule has 1 aromatic carbocycles. The van der Waals surface area contributed by atoms with E-state index in [0.29, 0.717) is 35.9 Å². The molecule has 0 bridgehead atoms. The minimum Gasteiger partial charge on any atom is -0.370 e. The molecule has 5 nitrogen and oxygen atoms in total. The number of hydrogen-bond acceptors (Lipinski definition) is 4. The summed E-state index contributed by atoms with van der Waals surface area (Å²) in [7, 11) is 0. The van der Waals surface area contributed by atoms with E-state index in [9.17, 15) is 14.4 Å². The zero-order valence-electron chi connectivity index (χ0n) is 15.6. The van der Waals surface area contributed by atoms with Gasteiger partial charge in [-0.2, -0.15) is 10.4 Å². The van der Waals surface area contributed by atoms with Gasteiger partial charge >= 0.3 is 0 Å². The lowest BCUT2D eigenvalue weighted by Gasteiger charge is -2.24. The number of nitrogens with zero attached hydrogens (tertiary/aromatic N) is 4. The summed E-state index contributed by atoms with van der Waals surface area (Å²) in [4.78, 5) is 14.0. The zero-order valence-corrected chi connectivity index (χ0v) is 15.6. The number of rotatable bonds is 5. The minimum absolute atomic E-state index is 0.0745. The Morgan fingerprint density at radius 3 is 2.70 bits per heavy atom. The quantitative estimate of drug-likeness (QED) is 0.816. The van der Waals surface area contributed by atoms with Gasteiger partial charge in [0, 0.05) is 31.9 Å². The standard InChI is InChI=1S/C21H23FN4O/c1-13(2)6-14-7-19(22)15(9-23)20(8-14)25-10-16-17(11-25)18(16)12-26-21(27)4-3-5-24-26/h3-5,7-8,13,16-18H,6,10-12H2,1-2H3/t16-,17+,18?. The molecular weight excluding hydrogens is 343 g/mol. The fourth-order valence-electron chi connectivity index (χ4n) is 4.44. The van der Waals surface area contributed by atoms with Crippen molar-refractivity contribution in [2.75, 3.05) is 18.0 Å². The Labute approximate surface area is 158 Å². The van der Waals surface area contributed by atoms with Gasteiger partial charge in [0.15, 0.2) is 0 Å². The van der Waals surface area contributed by atoms with Gasteiger partial charge in [0.25, 0.3) is 5.56 Å². The first-order valence-corrected chi connectivity index (χ1v) is 9.47. The summed E-state index contributed by atoms with van der Waals surface area (Å²) >= 11 is 0. The maximum Gasteiger partial charge on any atom is 0.266 e. The van der Waals surface area contributed by atoms with Crippen LogP contribution < -0.4 is 10.5 Å². The molecule has 2 aromatic rings. The van der Waals surface area contributed by atoms with E-state index < -0.39 is 5.82 Å². The van der Waals surface area contributed by atoms with E-state index in [2.05, 4.69) is 23.8 Å². The third-order valence-corrected chi connectivity index (χ3v) is 5.77. The second kappa shape index (κ2) is 6.80. The normalized spacial score (nSPS) is 23.4. The van der Waals surface area contributed by atoms with Gasteiger partial charge in [0.1, 0.15) is 17.4 Å². The first-order chi connectivity index (χ1) is 13.0. The lowest BCUT2D eigenvalue weighted by molar-refractivity contribution is 0.479. The number of hydrogen-bond donors (Lipinski definition) is 0. The molecule has 1 aliphatic heterocycles. The second-order valence-electron chi connectivity index (χ2n) is 8.12. The average molecular weight is 366 g/mol. The van der Waals surface area contributed by atoms with Crippen LogP contribution in [-0.4, -0.2) is 22.9 Å². The molecule has 0 N–H and O–H groups in total. The van der Waals surface area contributed by atoms with E-state index in [1.54, 1.807) is 12.3 Å². The number of aromatic nitrogens is 2. The average Bonchev–Trinajstić information content (AvgIpc) is 3.05. The summed E-state index contributed by atoms with van der Waals surface area (Å²) in [5.74, 6) is 1.38. The first-order valence-electron chi connectivity index (χ1n) is 9.47. The Balaban J connectivity index is 1.50. The van der Waals surface area contributed by atoms with Crippen LogP contribution in [0, 0.1) is 40.8 Å². The largest absolute Gasteiger partial charge is 0.370 e. The van der Waals surface area contributed by atoms with Crippen LogP contribution in [0.5, 0.6) is 0 Å². The molecule has 1 unspecified atom stereocenters. The van der Waals surface area contributed by atoms with E-state index >= 15 is 0 Å². The van der Waals surface area contributed by atoms with Crippen molar-refractivity contribution in [3.63, 3.8) is 0 Å². The number of fused-ring (bicyclic) bond motifs is 1. The van der Waals surface area contributed by atoms with Gasteiger partial charge in [0.05, 0.1) is 5.69 Å². The second-order valence-corrected chi connectivity index (χ2v) is 8.12. The lowest BCUT2D eigenvalue weighted by atomic mass is 9.99. The van der Waals surface area contributed by atoms with Crippen LogP contribution in [0.2, 0.25) is 0 Å². The first kappa shape index (κ1) is 17.7. The van der Waals surface area contributed by atoms with Crippen LogP contribution in [0.1, 0.15) is 25.0 Å². The van der Waals surface area contributed by atoms with Gasteiger partial charge in [-0.25, -0.2) is 9.07 Å². The van der Waals surface area contributed by atoms with Gasteiger partial charge in [-0.05, 0) is 53.9 Å². The predicted molar refractivity (Wildman–Crippen MR) is 101 cm³/mol. The fourth-order valence-corrected chi connectivity index (χ4v) is 4.44. The number of halogens is 1. The number of benzene rings is 1. The fraction of sp³-hybridized carbons (Fsp3) is 0.476. The Morgan fingerprint density at radius 2 is 2.07 bits per heavy atom. The van der Waals surface area contributed by atoms with Crippen molar-refractivity contribution >= 4 is 5.69 Å². The van der Waals surface area contributed by atoms with Crippen molar-refractivity contribution < 1.29 is 4.39 Å². The Morgan fingerprint density at radius 1 is 1.33 bits per heavy atom. The van der Waals surface area contributed by atoms with E-state index in [1.165, 1.54) is 16.8 Å². The molecular formula is C21H23FN4O. The van der Waals surface area contributed by atoms with E-state index in [4.69, 9.17) is 0 Å². The molecule has 2 fully saturated rings. The Bertz CT molecular complexity index is 949. The summed E-state index contributed by atoms with van der Waals surface area (Å²) < 4.78 is 16.0. The van der Waals surface area contributed by atoms with Crippen molar-refractivity contribution in [3.8, 4) is 6.07 Å². The highest BCUT2D eigenvalue weighted by atomic mass is 19.1.